The molecule has 20 heavy (non-hydrogen) atoms. The molecule has 5 heteroatoms. The van der Waals surface area contributed by atoms with Crippen molar-refractivity contribution in [3.05, 3.63) is 5.89 Å². The van der Waals surface area contributed by atoms with E-state index in [1.165, 1.54) is 25.7 Å². The molecule has 0 radical (unpaired) electrons. The van der Waals surface area contributed by atoms with Crippen molar-refractivity contribution in [1.29, 1.82) is 0 Å². The number of aryl methyl sites for hydroxylation is 1. The van der Waals surface area contributed by atoms with Gasteiger partial charge in [-0.25, -0.2) is 0 Å². The summed E-state index contributed by atoms with van der Waals surface area (Å²) in [5.41, 5.74) is 0.419. The molecule has 3 atom stereocenters. The molecule has 1 saturated carbocycles. The summed E-state index contributed by atoms with van der Waals surface area (Å²) >= 11 is 1.75. The molecule has 1 aliphatic rings. The Kier molecular flexibility index (Phi) is 5.13. The summed E-state index contributed by atoms with van der Waals surface area (Å²) in [4.78, 5) is 0. The average molecular weight is 297 g/mol. The van der Waals surface area contributed by atoms with E-state index in [0.29, 0.717) is 27.8 Å². The maximum atomic E-state index is 5.54. The molecule has 0 aliphatic heterocycles. The van der Waals surface area contributed by atoms with E-state index in [2.05, 4.69) is 43.3 Å². The van der Waals surface area contributed by atoms with E-state index in [0.717, 1.165) is 5.92 Å². The van der Waals surface area contributed by atoms with E-state index >= 15 is 0 Å². The van der Waals surface area contributed by atoms with Gasteiger partial charge in [0.15, 0.2) is 0 Å². The predicted molar refractivity (Wildman–Crippen MR) is 82.9 cm³/mol. The third-order valence-corrected chi connectivity index (χ3v) is 6.13. The van der Waals surface area contributed by atoms with Crippen molar-refractivity contribution in [1.82, 2.24) is 15.5 Å². The van der Waals surface area contributed by atoms with Gasteiger partial charge < -0.3 is 9.73 Å². The second-order valence-corrected chi connectivity index (χ2v) is 7.68. The smallest absolute Gasteiger partial charge is 0.276 e. The van der Waals surface area contributed by atoms with Gasteiger partial charge in [0.25, 0.3) is 5.22 Å². The molecule has 1 aliphatic carbocycles. The lowest BCUT2D eigenvalue weighted by Crippen LogP contribution is -2.43. The van der Waals surface area contributed by atoms with Gasteiger partial charge in [-0.3, -0.25) is 0 Å². The predicted octanol–water partition coefficient (Wildman–Crippen LogP) is 3.66. The first-order valence-electron chi connectivity index (χ1n) is 7.60. The second-order valence-electron chi connectivity index (χ2n) is 6.49. The van der Waals surface area contributed by atoms with Crippen LogP contribution in [0.25, 0.3) is 0 Å². The molecular weight excluding hydrogens is 270 g/mol. The van der Waals surface area contributed by atoms with Crippen LogP contribution >= 0.6 is 11.8 Å². The fourth-order valence-corrected chi connectivity index (χ4v) is 4.32. The topological polar surface area (TPSA) is 51.0 Å². The van der Waals surface area contributed by atoms with Crippen molar-refractivity contribution < 1.29 is 4.42 Å². The van der Waals surface area contributed by atoms with Crippen LogP contribution in [0.1, 0.15) is 52.3 Å². The fraction of sp³-hybridized carbons (Fsp3) is 0.867. The summed E-state index contributed by atoms with van der Waals surface area (Å²) in [6.07, 6.45) is 5.00. The lowest BCUT2D eigenvalue weighted by atomic mass is 9.68. The molecule has 1 aromatic heterocycles. The van der Waals surface area contributed by atoms with Gasteiger partial charge in [-0.05, 0) is 37.6 Å². The van der Waals surface area contributed by atoms with Crippen LogP contribution in [0.4, 0.5) is 0 Å². The molecule has 0 amide bonds. The Balaban J connectivity index is 2.06. The Morgan fingerprint density at radius 2 is 2.10 bits per heavy atom. The highest BCUT2D eigenvalue weighted by Gasteiger charge is 2.37. The molecule has 1 fully saturated rings. The molecule has 0 spiro atoms. The van der Waals surface area contributed by atoms with Crippen molar-refractivity contribution in [3.8, 4) is 0 Å². The zero-order valence-corrected chi connectivity index (χ0v) is 14.1. The molecule has 0 saturated heterocycles. The summed E-state index contributed by atoms with van der Waals surface area (Å²) in [5, 5.41) is 12.8. The fourth-order valence-electron chi connectivity index (χ4n) is 3.04. The van der Waals surface area contributed by atoms with E-state index in [4.69, 9.17) is 4.42 Å². The van der Waals surface area contributed by atoms with Gasteiger partial charge >= 0.3 is 0 Å². The van der Waals surface area contributed by atoms with Gasteiger partial charge in [-0.1, -0.05) is 39.0 Å². The zero-order valence-electron chi connectivity index (χ0n) is 13.3. The van der Waals surface area contributed by atoms with Crippen molar-refractivity contribution >= 4 is 11.8 Å². The molecule has 114 valence electrons. The minimum atomic E-state index is 0.419. The Hall–Kier alpha value is -0.550. The molecule has 1 heterocycles. The van der Waals surface area contributed by atoms with E-state index in [1.807, 2.05) is 6.92 Å². The third-order valence-electron chi connectivity index (χ3n) is 4.94. The van der Waals surface area contributed by atoms with E-state index in [1.54, 1.807) is 11.8 Å². The highest BCUT2D eigenvalue weighted by molar-refractivity contribution is 7.99. The minimum absolute atomic E-state index is 0.419. The van der Waals surface area contributed by atoms with Gasteiger partial charge in [-0.2, -0.15) is 0 Å². The molecule has 0 aromatic carbocycles. The lowest BCUT2D eigenvalue weighted by molar-refractivity contribution is 0.142. The van der Waals surface area contributed by atoms with Gasteiger partial charge in [0.05, 0.1) is 0 Å². The summed E-state index contributed by atoms with van der Waals surface area (Å²) < 4.78 is 5.54. The Bertz CT molecular complexity index is 433. The molecule has 4 nitrogen and oxygen atoms in total. The van der Waals surface area contributed by atoms with Crippen molar-refractivity contribution in [3.63, 3.8) is 0 Å². The van der Waals surface area contributed by atoms with E-state index < -0.39 is 0 Å². The Morgan fingerprint density at radius 1 is 1.35 bits per heavy atom. The summed E-state index contributed by atoms with van der Waals surface area (Å²) in [6.45, 7) is 8.94. The molecule has 3 unspecified atom stereocenters. The number of hydrogen-bond acceptors (Lipinski definition) is 5. The third kappa shape index (κ3) is 3.55. The molecular formula is C15H27N3OS. The summed E-state index contributed by atoms with van der Waals surface area (Å²) in [7, 11) is 2.06. The van der Waals surface area contributed by atoms with E-state index in [-0.39, 0.29) is 0 Å². The first-order chi connectivity index (χ1) is 9.46. The van der Waals surface area contributed by atoms with Gasteiger partial charge in [0.2, 0.25) is 5.89 Å². The van der Waals surface area contributed by atoms with Crippen LogP contribution in [0, 0.1) is 18.3 Å². The van der Waals surface area contributed by atoms with Crippen LogP contribution in [0.15, 0.2) is 9.64 Å². The van der Waals surface area contributed by atoms with Crippen LogP contribution in [-0.2, 0) is 0 Å². The highest BCUT2D eigenvalue weighted by Crippen LogP contribution is 2.44. The van der Waals surface area contributed by atoms with Crippen LogP contribution in [-0.4, -0.2) is 28.5 Å². The quantitative estimate of drug-likeness (QED) is 0.898. The monoisotopic (exact) mass is 297 g/mol. The maximum Gasteiger partial charge on any atom is 0.276 e. The average Bonchev–Trinajstić information content (AvgIpc) is 2.84. The van der Waals surface area contributed by atoms with Crippen molar-refractivity contribution in [2.45, 2.75) is 69.9 Å². The number of thioether (sulfide) groups is 1. The first kappa shape index (κ1) is 15.8. The molecule has 2 rings (SSSR count). The highest BCUT2D eigenvalue weighted by atomic mass is 32.2. The normalized spacial score (nSPS) is 27.8. The number of aromatic nitrogens is 2. The van der Waals surface area contributed by atoms with Crippen LogP contribution in [0.3, 0.4) is 0 Å². The number of nitrogens with one attached hydrogen (secondary N) is 1. The van der Waals surface area contributed by atoms with Gasteiger partial charge in [0, 0.05) is 18.2 Å². The van der Waals surface area contributed by atoms with Gasteiger partial charge in [-0.15, -0.1) is 10.2 Å². The number of hydrogen-bond donors (Lipinski definition) is 1. The first-order valence-corrected chi connectivity index (χ1v) is 8.48. The second kappa shape index (κ2) is 6.48. The Labute approximate surface area is 126 Å². The van der Waals surface area contributed by atoms with Crippen LogP contribution < -0.4 is 5.32 Å². The lowest BCUT2D eigenvalue weighted by Gasteiger charge is -2.42. The molecule has 1 N–H and O–H groups in total. The minimum Gasteiger partial charge on any atom is -0.416 e. The summed E-state index contributed by atoms with van der Waals surface area (Å²) in [5.74, 6) is 1.42. The molecule has 1 aromatic rings. The van der Waals surface area contributed by atoms with Gasteiger partial charge in [0.1, 0.15) is 0 Å². The van der Waals surface area contributed by atoms with Crippen molar-refractivity contribution in [2.75, 3.05) is 7.05 Å². The van der Waals surface area contributed by atoms with E-state index in [9.17, 15) is 0 Å². The zero-order chi connectivity index (χ0) is 14.8. The number of nitrogens with zero attached hydrogens (tertiary/aromatic N) is 2. The SMILES string of the molecule is CCC(C)(C)C1CCC(NC)C(Sc2nnc(C)o2)C1. The standard InChI is InChI=1S/C15H27N3OS/c1-6-15(3,4)11-7-8-12(16-5)13(9-11)20-14-18-17-10(2)19-14/h11-13,16H,6-9H2,1-5H3. The van der Waals surface area contributed by atoms with Crippen LogP contribution in [0.5, 0.6) is 0 Å². The van der Waals surface area contributed by atoms with Crippen LogP contribution in [0.2, 0.25) is 0 Å². The number of rotatable bonds is 5. The maximum absolute atomic E-state index is 5.54. The largest absolute Gasteiger partial charge is 0.416 e. The van der Waals surface area contributed by atoms with Crippen molar-refractivity contribution in [2.24, 2.45) is 11.3 Å². The molecule has 0 bridgehead atoms. The summed E-state index contributed by atoms with van der Waals surface area (Å²) in [6, 6.07) is 0.538. The Morgan fingerprint density at radius 3 is 2.65 bits per heavy atom.